The SMILES string of the molecule is CCN(CC)C(=O)Cl.CCN(CC)C(=O)SCC(NC(=O)CCC(N)C(=O)O)C(=O)NCC(=O)O.NC(CCC(=O)NC(CS)C(=O)NCC(=O)O)C(=O)O. The smallest absolute Gasteiger partial charge is 0.322 e. The Bertz CT molecular complexity index is 1290. The van der Waals surface area contributed by atoms with E-state index in [4.69, 9.17) is 43.5 Å². The van der Waals surface area contributed by atoms with Gasteiger partial charge in [0, 0.05) is 50.5 Å². The molecular formula is C30H53ClN8O14S2. The molecule has 0 bridgehead atoms. The number of hydrogen-bond acceptors (Lipinski definition) is 14. The number of carbonyl (C=O) groups excluding carboxylic acids is 6. The fourth-order valence-electron chi connectivity index (χ4n) is 3.50. The molecule has 25 heteroatoms. The number of carboxylic acid groups (broad SMARTS) is 4. The van der Waals surface area contributed by atoms with Gasteiger partial charge in [-0.3, -0.25) is 47.9 Å². The fourth-order valence-corrected chi connectivity index (χ4v) is 4.98. The van der Waals surface area contributed by atoms with Crippen molar-refractivity contribution in [2.24, 2.45) is 11.5 Å². The van der Waals surface area contributed by atoms with E-state index in [1.807, 2.05) is 13.8 Å². The predicted octanol–water partition coefficient (Wildman–Crippen LogP) is -1.46. The lowest BCUT2D eigenvalue weighted by atomic mass is 10.1. The van der Waals surface area contributed by atoms with Crippen molar-refractivity contribution < 1.29 is 68.4 Å². The first-order chi connectivity index (χ1) is 25.6. The summed E-state index contributed by atoms with van der Waals surface area (Å²) in [6.07, 6.45) is -0.595. The predicted molar refractivity (Wildman–Crippen MR) is 204 cm³/mol. The van der Waals surface area contributed by atoms with Gasteiger partial charge in [-0.15, -0.1) is 0 Å². The van der Waals surface area contributed by atoms with Crippen molar-refractivity contribution in [2.45, 2.75) is 77.5 Å². The third-order valence-corrected chi connectivity index (χ3v) is 8.33. The number of nitrogens with zero attached hydrogens (tertiary/aromatic N) is 2. The maximum atomic E-state index is 12.1. The van der Waals surface area contributed by atoms with Crippen LogP contribution in [0, 0.1) is 0 Å². The van der Waals surface area contributed by atoms with Crippen LogP contribution in [0.2, 0.25) is 0 Å². The molecule has 12 N–H and O–H groups in total. The van der Waals surface area contributed by atoms with Crippen molar-refractivity contribution in [3.8, 4) is 0 Å². The van der Waals surface area contributed by atoms with E-state index in [0.717, 1.165) is 11.8 Å². The number of amides is 6. The lowest BCUT2D eigenvalue weighted by molar-refractivity contribution is -0.140. The molecule has 0 aliphatic heterocycles. The van der Waals surface area contributed by atoms with E-state index in [2.05, 4.69) is 33.9 Å². The lowest BCUT2D eigenvalue weighted by Crippen LogP contribution is -2.50. The second-order valence-electron chi connectivity index (χ2n) is 10.8. The number of carboxylic acids is 4. The molecule has 316 valence electrons. The van der Waals surface area contributed by atoms with Gasteiger partial charge in [-0.1, -0.05) is 11.8 Å². The molecule has 0 aliphatic carbocycles. The molecule has 0 aromatic heterocycles. The average molecular weight is 849 g/mol. The Balaban J connectivity index is -0.000000843. The first-order valence-electron chi connectivity index (χ1n) is 16.6. The maximum Gasteiger partial charge on any atom is 0.322 e. The topological polar surface area (TPSA) is 358 Å². The van der Waals surface area contributed by atoms with Crippen LogP contribution >= 0.6 is 36.0 Å². The molecule has 0 aliphatic rings. The van der Waals surface area contributed by atoms with Gasteiger partial charge in [0.25, 0.3) is 5.24 Å². The summed E-state index contributed by atoms with van der Waals surface area (Å²) in [5.74, 6) is -7.69. The Hall–Kier alpha value is -4.39. The van der Waals surface area contributed by atoms with E-state index < -0.39 is 84.8 Å². The standard InChI is InChI=1S/C15H26N4O7S.C10H17N3O6S.C5H10ClNO/c1-3-19(4-2)15(26)27-8-10(13(23)17-7-12(21)22)18-11(20)6-5-9(16)14(24)25;11-5(10(18)19)1-2-7(14)13-6(4-20)9(17)12-3-8(15)16;1-3-7(4-2)5(6)8/h9-10H,3-8,16H2,1-2H3,(H,17,23)(H,18,20)(H,21,22)(H,24,25);5-6,20H,1-4,11H2,(H,12,17)(H,13,14)(H,15,16)(H,18,19);3-4H2,1-2H3. The number of carbonyl (C=O) groups is 10. The van der Waals surface area contributed by atoms with Gasteiger partial charge in [-0.25, -0.2) is 0 Å². The van der Waals surface area contributed by atoms with Crippen LogP contribution in [0.1, 0.15) is 53.4 Å². The third-order valence-electron chi connectivity index (χ3n) is 6.72. The van der Waals surface area contributed by atoms with Gasteiger partial charge in [0.15, 0.2) is 0 Å². The number of halogens is 1. The summed E-state index contributed by atoms with van der Waals surface area (Å²) < 4.78 is 0. The van der Waals surface area contributed by atoms with Gasteiger partial charge in [0.2, 0.25) is 23.6 Å². The van der Waals surface area contributed by atoms with Crippen LogP contribution in [-0.2, 0) is 38.4 Å². The zero-order valence-electron chi connectivity index (χ0n) is 30.9. The summed E-state index contributed by atoms with van der Waals surface area (Å²) in [5.41, 5.74) is 10.6. The van der Waals surface area contributed by atoms with Crippen molar-refractivity contribution in [3.05, 3.63) is 0 Å². The summed E-state index contributed by atoms with van der Waals surface area (Å²) in [6, 6.07) is -4.52. The van der Waals surface area contributed by atoms with Gasteiger partial charge in [-0.05, 0) is 52.1 Å². The minimum absolute atomic E-state index is 0.0256. The molecule has 0 aromatic rings. The molecule has 0 spiro atoms. The average Bonchev–Trinajstić information content (AvgIpc) is 3.12. The van der Waals surface area contributed by atoms with Crippen LogP contribution in [0.25, 0.3) is 0 Å². The normalized spacial score (nSPS) is 12.2. The summed E-state index contributed by atoms with van der Waals surface area (Å²) in [7, 11) is 0. The molecule has 0 aromatic carbocycles. The molecule has 55 heavy (non-hydrogen) atoms. The highest BCUT2D eigenvalue weighted by atomic mass is 35.5. The summed E-state index contributed by atoms with van der Waals surface area (Å²) in [4.78, 5) is 114. The Labute approximate surface area is 332 Å². The maximum absolute atomic E-state index is 12.1. The first-order valence-corrected chi connectivity index (χ1v) is 18.6. The fraction of sp³-hybridized carbons (Fsp3) is 0.667. The van der Waals surface area contributed by atoms with E-state index in [9.17, 15) is 47.9 Å². The van der Waals surface area contributed by atoms with Crippen LogP contribution in [0.15, 0.2) is 0 Å². The number of aliphatic carboxylic acids is 4. The second-order valence-corrected chi connectivity index (χ2v) is 12.4. The quantitative estimate of drug-likeness (QED) is 0.0318. The molecule has 4 unspecified atom stereocenters. The third kappa shape index (κ3) is 28.7. The summed E-state index contributed by atoms with van der Waals surface area (Å²) >= 11 is 9.83. The van der Waals surface area contributed by atoms with Gasteiger partial charge >= 0.3 is 29.2 Å². The molecule has 0 saturated carbocycles. The zero-order valence-corrected chi connectivity index (χ0v) is 33.4. The van der Waals surface area contributed by atoms with E-state index in [-0.39, 0.29) is 47.8 Å². The van der Waals surface area contributed by atoms with Gasteiger partial charge in [-0.2, -0.15) is 12.6 Å². The monoisotopic (exact) mass is 848 g/mol. The number of thioether (sulfide) groups is 1. The molecule has 22 nitrogen and oxygen atoms in total. The highest BCUT2D eigenvalue weighted by Crippen LogP contribution is 2.11. The van der Waals surface area contributed by atoms with Crippen molar-refractivity contribution in [1.29, 1.82) is 0 Å². The van der Waals surface area contributed by atoms with Crippen LogP contribution in [0.4, 0.5) is 9.59 Å². The number of thiol groups is 1. The van der Waals surface area contributed by atoms with E-state index >= 15 is 0 Å². The Morgan fingerprint density at radius 2 is 1.02 bits per heavy atom. The minimum atomic E-state index is -1.26. The molecular weight excluding hydrogens is 796 g/mol. The van der Waals surface area contributed by atoms with Crippen molar-refractivity contribution >= 4 is 94.1 Å². The molecule has 0 fully saturated rings. The largest absolute Gasteiger partial charge is 0.480 e. The van der Waals surface area contributed by atoms with Crippen molar-refractivity contribution in [2.75, 3.05) is 50.8 Å². The number of nitrogens with two attached hydrogens (primary N) is 2. The Kier molecular flexibility index (Phi) is 31.9. The number of rotatable bonds is 23. The van der Waals surface area contributed by atoms with Crippen LogP contribution < -0.4 is 32.7 Å². The number of nitrogens with one attached hydrogen (secondary N) is 4. The summed E-state index contributed by atoms with van der Waals surface area (Å²) in [6.45, 7) is 8.53. The molecule has 0 saturated heterocycles. The van der Waals surface area contributed by atoms with Crippen LogP contribution in [0.5, 0.6) is 0 Å². The molecule has 0 heterocycles. The van der Waals surface area contributed by atoms with E-state index in [1.54, 1.807) is 18.7 Å². The lowest BCUT2D eigenvalue weighted by Gasteiger charge is -2.21. The van der Waals surface area contributed by atoms with E-state index in [0.29, 0.717) is 26.2 Å². The second kappa shape index (κ2) is 31.9. The van der Waals surface area contributed by atoms with Crippen molar-refractivity contribution in [3.63, 3.8) is 0 Å². The Morgan fingerprint density at radius 3 is 1.31 bits per heavy atom. The highest BCUT2D eigenvalue weighted by molar-refractivity contribution is 8.13. The summed E-state index contributed by atoms with van der Waals surface area (Å²) in [5, 5.41) is 42.6. The van der Waals surface area contributed by atoms with Crippen LogP contribution in [-0.4, -0.2) is 163 Å². The molecule has 0 rings (SSSR count). The zero-order chi connectivity index (χ0) is 43.3. The van der Waals surface area contributed by atoms with Gasteiger partial charge in [0.05, 0.1) is 0 Å². The van der Waals surface area contributed by atoms with Crippen LogP contribution in [0.3, 0.4) is 0 Å². The van der Waals surface area contributed by atoms with Gasteiger partial charge < -0.3 is 63.0 Å². The van der Waals surface area contributed by atoms with Crippen molar-refractivity contribution in [1.82, 2.24) is 31.1 Å². The van der Waals surface area contributed by atoms with Gasteiger partial charge in [0.1, 0.15) is 37.3 Å². The minimum Gasteiger partial charge on any atom is -0.480 e. The Morgan fingerprint density at radius 1 is 0.655 bits per heavy atom. The molecule has 0 radical (unpaired) electrons. The van der Waals surface area contributed by atoms with E-state index in [1.165, 1.54) is 4.90 Å². The highest BCUT2D eigenvalue weighted by Gasteiger charge is 2.25. The molecule has 4 atom stereocenters. The molecule has 6 amide bonds. The number of hydrogen-bond donors (Lipinski definition) is 11. The first kappa shape index (κ1) is 55.0.